The van der Waals surface area contributed by atoms with Gasteiger partial charge in [0.2, 0.25) is 0 Å². The highest BCUT2D eigenvalue weighted by Crippen LogP contribution is 2.26. The number of nitrogens with zero attached hydrogens (tertiary/aromatic N) is 2. The van der Waals surface area contributed by atoms with Crippen molar-refractivity contribution >= 4 is 11.4 Å². The van der Waals surface area contributed by atoms with Crippen LogP contribution >= 0.6 is 0 Å². The number of nitrogens with one attached hydrogen (secondary N) is 2. The predicted octanol–water partition coefficient (Wildman–Crippen LogP) is 2.64. The number of rotatable bonds is 6. The van der Waals surface area contributed by atoms with Crippen molar-refractivity contribution in [3.05, 3.63) is 45.8 Å². The molecular formula is C13H16N4O3. The van der Waals surface area contributed by atoms with E-state index in [9.17, 15) is 10.1 Å². The molecule has 0 radical (unpaired) electrons. The third-order valence-electron chi connectivity index (χ3n) is 2.83. The van der Waals surface area contributed by atoms with E-state index < -0.39 is 4.92 Å². The van der Waals surface area contributed by atoms with Crippen molar-refractivity contribution in [2.45, 2.75) is 20.4 Å². The van der Waals surface area contributed by atoms with Crippen LogP contribution in [0.4, 0.5) is 11.4 Å². The van der Waals surface area contributed by atoms with Crippen molar-refractivity contribution in [2.24, 2.45) is 0 Å². The van der Waals surface area contributed by atoms with Crippen LogP contribution in [-0.4, -0.2) is 21.7 Å². The van der Waals surface area contributed by atoms with Gasteiger partial charge in [-0.3, -0.25) is 15.2 Å². The van der Waals surface area contributed by atoms with Crippen molar-refractivity contribution in [1.82, 2.24) is 10.2 Å². The summed E-state index contributed by atoms with van der Waals surface area (Å²) < 4.78 is 5.34. The van der Waals surface area contributed by atoms with Gasteiger partial charge in [-0.15, -0.1) is 0 Å². The molecule has 0 saturated heterocycles. The van der Waals surface area contributed by atoms with E-state index in [0.29, 0.717) is 24.6 Å². The summed E-state index contributed by atoms with van der Waals surface area (Å²) in [6, 6.07) is 4.64. The van der Waals surface area contributed by atoms with E-state index in [4.69, 9.17) is 4.74 Å². The Balaban J connectivity index is 2.17. The van der Waals surface area contributed by atoms with Gasteiger partial charge in [0, 0.05) is 35.6 Å². The predicted molar refractivity (Wildman–Crippen MR) is 74.9 cm³/mol. The quantitative estimate of drug-likeness (QED) is 0.625. The highest BCUT2D eigenvalue weighted by molar-refractivity contribution is 5.56. The molecule has 0 atom stereocenters. The van der Waals surface area contributed by atoms with E-state index in [1.165, 1.54) is 12.1 Å². The van der Waals surface area contributed by atoms with Gasteiger partial charge in [0.1, 0.15) is 5.75 Å². The first-order chi connectivity index (χ1) is 9.60. The van der Waals surface area contributed by atoms with Gasteiger partial charge in [-0.1, -0.05) is 0 Å². The van der Waals surface area contributed by atoms with Gasteiger partial charge in [-0.2, -0.15) is 5.10 Å². The Bertz CT molecular complexity index is 609. The molecule has 0 saturated carbocycles. The first-order valence-electron chi connectivity index (χ1n) is 6.25. The van der Waals surface area contributed by atoms with Crippen LogP contribution in [0, 0.1) is 17.0 Å². The fourth-order valence-corrected chi connectivity index (χ4v) is 1.79. The fraction of sp³-hybridized carbons (Fsp3) is 0.308. The molecule has 106 valence electrons. The molecule has 2 N–H and O–H groups in total. The van der Waals surface area contributed by atoms with Gasteiger partial charge >= 0.3 is 0 Å². The molecule has 7 nitrogen and oxygen atoms in total. The van der Waals surface area contributed by atoms with E-state index >= 15 is 0 Å². The molecule has 2 rings (SSSR count). The standard InChI is InChI=1S/C13H16N4O3/c1-3-20-13-5-11(4-12(6-13)17(18)19)14-7-10-8-15-16-9(10)2/h4-6,8,14H,3,7H2,1-2H3,(H,15,16). The van der Waals surface area contributed by atoms with Crippen LogP contribution in [0.25, 0.3) is 0 Å². The van der Waals surface area contributed by atoms with Crippen LogP contribution in [0.2, 0.25) is 0 Å². The zero-order valence-corrected chi connectivity index (χ0v) is 11.3. The van der Waals surface area contributed by atoms with Crippen LogP contribution in [0.5, 0.6) is 5.75 Å². The van der Waals surface area contributed by atoms with Crippen LogP contribution in [-0.2, 0) is 6.54 Å². The third kappa shape index (κ3) is 3.25. The van der Waals surface area contributed by atoms with Crippen LogP contribution in [0.1, 0.15) is 18.2 Å². The first kappa shape index (κ1) is 13.9. The van der Waals surface area contributed by atoms with Crippen molar-refractivity contribution < 1.29 is 9.66 Å². The lowest BCUT2D eigenvalue weighted by Gasteiger charge is -2.09. The number of hydrogen-bond acceptors (Lipinski definition) is 5. The maximum Gasteiger partial charge on any atom is 0.275 e. The van der Waals surface area contributed by atoms with Crippen LogP contribution < -0.4 is 10.1 Å². The number of ether oxygens (including phenoxy) is 1. The molecule has 0 aliphatic heterocycles. The Labute approximate surface area is 116 Å². The Morgan fingerprint density at radius 3 is 2.85 bits per heavy atom. The van der Waals surface area contributed by atoms with Crippen LogP contribution in [0.3, 0.4) is 0 Å². The molecule has 1 heterocycles. The number of nitro benzene ring substituents is 1. The average molecular weight is 276 g/mol. The molecule has 0 fully saturated rings. The minimum atomic E-state index is -0.434. The van der Waals surface area contributed by atoms with Crippen molar-refractivity contribution in [3.8, 4) is 5.75 Å². The largest absolute Gasteiger partial charge is 0.494 e. The molecule has 0 aliphatic rings. The summed E-state index contributed by atoms with van der Waals surface area (Å²) in [5.41, 5.74) is 2.62. The van der Waals surface area contributed by atoms with Crippen LogP contribution in [0.15, 0.2) is 24.4 Å². The zero-order valence-electron chi connectivity index (χ0n) is 11.3. The number of aromatic nitrogens is 2. The topological polar surface area (TPSA) is 93.1 Å². The molecular weight excluding hydrogens is 260 g/mol. The summed E-state index contributed by atoms with van der Waals surface area (Å²) in [5.74, 6) is 0.480. The molecule has 0 spiro atoms. The maximum absolute atomic E-state index is 10.9. The van der Waals surface area contributed by atoms with Gasteiger partial charge < -0.3 is 10.1 Å². The van der Waals surface area contributed by atoms with E-state index in [0.717, 1.165) is 11.3 Å². The SMILES string of the molecule is CCOc1cc(NCc2cn[nH]c2C)cc([N+](=O)[O-])c1. The number of anilines is 1. The smallest absolute Gasteiger partial charge is 0.275 e. The molecule has 2 aromatic rings. The minimum absolute atomic E-state index is 0.00219. The second-order valence-corrected chi connectivity index (χ2v) is 4.28. The monoisotopic (exact) mass is 276 g/mol. The molecule has 0 unspecified atom stereocenters. The normalized spacial score (nSPS) is 10.3. The minimum Gasteiger partial charge on any atom is -0.494 e. The molecule has 0 bridgehead atoms. The van der Waals surface area contributed by atoms with Crippen molar-refractivity contribution in [1.29, 1.82) is 0 Å². The fourth-order valence-electron chi connectivity index (χ4n) is 1.79. The van der Waals surface area contributed by atoms with Gasteiger partial charge in [0.15, 0.2) is 0 Å². The number of H-pyrrole nitrogens is 1. The lowest BCUT2D eigenvalue weighted by molar-refractivity contribution is -0.384. The number of non-ortho nitro benzene ring substituents is 1. The lowest BCUT2D eigenvalue weighted by atomic mass is 10.2. The Morgan fingerprint density at radius 1 is 1.45 bits per heavy atom. The Hall–Kier alpha value is -2.57. The van der Waals surface area contributed by atoms with E-state index in [-0.39, 0.29) is 5.69 Å². The van der Waals surface area contributed by atoms with Crippen molar-refractivity contribution in [3.63, 3.8) is 0 Å². The highest BCUT2D eigenvalue weighted by Gasteiger charge is 2.11. The number of nitro groups is 1. The second-order valence-electron chi connectivity index (χ2n) is 4.28. The van der Waals surface area contributed by atoms with E-state index in [1.807, 2.05) is 13.8 Å². The highest BCUT2D eigenvalue weighted by atomic mass is 16.6. The second kappa shape index (κ2) is 6.05. The maximum atomic E-state index is 10.9. The van der Waals surface area contributed by atoms with Crippen molar-refractivity contribution in [2.75, 3.05) is 11.9 Å². The average Bonchev–Trinajstić information content (AvgIpc) is 2.82. The number of aryl methyl sites for hydroxylation is 1. The van der Waals surface area contributed by atoms with Gasteiger partial charge in [-0.05, 0) is 13.8 Å². The number of aromatic amines is 1. The molecule has 7 heteroatoms. The van der Waals surface area contributed by atoms with Gasteiger partial charge in [0.25, 0.3) is 5.69 Å². The summed E-state index contributed by atoms with van der Waals surface area (Å²) in [6.07, 6.45) is 1.73. The summed E-state index contributed by atoms with van der Waals surface area (Å²) in [7, 11) is 0. The summed E-state index contributed by atoms with van der Waals surface area (Å²) in [5, 5.41) is 20.8. The summed E-state index contributed by atoms with van der Waals surface area (Å²) in [6.45, 7) is 4.75. The number of hydrogen-bond donors (Lipinski definition) is 2. The number of benzene rings is 1. The Morgan fingerprint density at radius 2 is 2.25 bits per heavy atom. The zero-order chi connectivity index (χ0) is 14.5. The lowest BCUT2D eigenvalue weighted by Crippen LogP contribution is -2.02. The molecule has 0 aliphatic carbocycles. The van der Waals surface area contributed by atoms with E-state index in [1.54, 1.807) is 12.3 Å². The summed E-state index contributed by atoms with van der Waals surface area (Å²) >= 11 is 0. The molecule has 1 aromatic heterocycles. The first-order valence-corrected chi connectivity index (χ1v) is 6.25. The summed E-state index contributed by atoms with van der Waals surface area (Å²) in [4.78, 5) is 10.5. The molecule has 20 heavy (non-hydrogen) atoms. The van der Waals surface area contributed by atoms with Gasteiger partial charge in [-0.25, -0.2) is 0 Å². The Kier molecular flexibility index (Phi) is 4.19. The third-order valence-corrected chi connectivity index (χ3v) is 2.83. The molecule has 1 aromatic carbocycles. The van der Waals surface area contributed by atoms with E-state index in [2.05, 4.69) is 15.5 Å². The molecule has 0 amide bonds. The van der Waals surface area contributed by atoms with Gasteiger partial charge in [0.05, 0.1) is 23.8 Å².